The third-order valence-electron chi connectivity index (χ3n) is 18.9. The van der Waals surface area contributed by atoms with Crippen LogP contribution in [0.4, 0.5) is 0 Å². The lowest BCUT2D eigenvalue weighted by molar-refractivity contribution is -0.143. The maximum atomic E-state index is 12.6. The number of rotatable bonds is 75. The molecule has 6 nitrogen and oxygen atoms in total. The van der Waals surface area contributed by atoms with Gasteiger partial charge in [-0.1, -0.05) is 425 Å². The molecule has 84 heavy (non-hydrogen) atoms. The number of nitrogens with one attached hydrogen (secondary N) is 1. The summed E-state index contributed by atoms with van der Waals surface area (Å²) in [4.78, 5) is 24.6. The molecule has 0 aliphatic carbocycles. The van der Waals surface area contributed by atoms with Crippen molar-refractivity contribution >= 4 is 11.9 Å². The highest BCUT2D eigenvalue weighted by Gasteiger charge is 2.20. The molecule has 2 unspecified atom stereocenters. The van der Waals surface area contributed by atoms with Crippen molar-refractivity contribution in [2.45, 2.75) is 475 Å². The number of amides is 1. The van der Waals surface area contributed by atoms with Crippen molar-refractivity contribution in [1.29, 1.82) is 0 Å². The van der Waals surface area contributed by atoms with Gasteiger partial charge < -0.3 is 20.3 Å². The lowest BCUT2D eigenvalue weighted by Crippen LogP contribution is -2.45. The van der Waals surface area contributed by atoms with Gasteiger partial charge in [-0.3, -0.25) is 9.59 Å². The van der Waals surface area contributed by atoms with Crippen LogP contribution in [0.3, 0.4) is 0 Å². The van der Waals surface area contributed by atoms with E-state index < -0.39 is 12.1 Å². The number of carbonyl (C=O) groups excluding carboxylic acids is 2. The molecule has 2 atom stereocenters. The lowest BCUT2D eigenvalue weighted by Gasteiger charge is -2.22. The molecule has 0 fully saturated rings. The van der Waals surface area contributed by atoms with E-state index in [-0.39, 0.29) is 18.5 Å². The number of ether oxygens (including phenoxy) is 1. The zero-order valence-electron chi connectivity index (χ0n) is 57.7. The van der Waals surface area contributed by atoms with Crippen LogP contribution in [-0.4, -0.2) is 47.4 Å². The molecule has 0 saturated carbocycles. The minimum Gasteiger partial charge on any atom is -0.466 e. The molecule has 0 radical (unpaired) electrons. The molecule has 6 heteroatoms. The van der Waals surface area contributed by atoms with Crippen molar-refractivity contribution in [3.05, 3.63) is 0 Å². The summed E-state index contributed by atoms with van der Waals surface area (Å²) in [6, 6.07) is -0.538. The number of hydrogen-bond donors (Lipinski definition) is 3. The number of unbranched alkanes of at least 4 members (excludes halogenated alkanes) is 64. The summed E-state index contributed by atoms with van der Waals surface area (Å²) in [7, 11) is 0. The molecule has 0 heterocycles. The fourth-order valence-electron chi connectivity index (χ4n) is 12.9. The first-order valence-corrected chi connectivity index (χ1v) is 39.3. The van der Waals surface area contributed by atoms with Crippen molar-refractivity contribution in [2.24, 2.45) is 0 Å². The Kier molecular flexibility index (Phi) is 73.3. The Hall–Kier alpha value is -1.14. The Morgan fingerprint density at radius 2 is 0.488 bits per heavy atom. The molecule has 0 bridgehead atoms. The minimum atomic E-state index is -0.661. The van der Waals surface area contributed by atoms with Crippen molar-refractivity contribution in [3.8, 4) is 0 Å². The standard InChI is InChI=1S/C78H155NO5/c1-3-5-7-9-11-13-15-17-18-19-20-21-34-37-40-43-47-50-54-58-62-66-70-76(81)75(74-80)79-77(82)71-67-63-59-55-51-48-44-41-38-35-32-30-28-26-24-22-23-25-27-29-31-33-36-39-42-45-49-53-57-61-65-69-73-84-78(83)72-68-64-60-56-52-46-16-14-12-10-8-6-4-2/h75-76,80-81H,3-74H2,1-2H3,(H,79,82). The van der Waals surface area contributed by atoms with Gasteiger partial charge in [0.25, 0.3) is 0 Å². The molecule has 0 rings (SSSR count). The van der Waals surface area contributed by atoms with E-state index in [1.165, 1.54) is 392 Å². The summed E-state index contributed by atoms with van der Waals surface area (Å²) in [6.45, 7) is 5.02. The highest BCUT2D eigenvalue weighted by atomic mass is 16.5. The van der Waals surface area contributed by atoms with E-state index in [1.54, 1.807) is 0 Å². The van der Waals surface area contributed by atoms with Crippen LogP contribution in [0.1, 0.15) is 463 Å². The largest absolute Gasteiger partial charge is 0.466 e. The van der Waals surface area contributed by atoms with Crippen LogP contribution >= 0.6 is 0 Å². The fraction of sp³-hybridized carbons (Fsp3) is 0.974. The monoisotopic (exact) mass is 1190 g/mol. The maximum absolute atomic E-state index is 12.6. The van der Waals surface area contributed by atoms with Gasteiger partial charge >= 0.3 is 5.97 Å². The van der Waals surface area contributed by atoms with Gasteiger partial charge in [0.2, 0.25) is 5.91 Å². The predicted molar refractivity (Wildman–Crippen MR) is 371 cm³/mol. The smallest absolute Gasteiger partial charge is 0.305 e. The second-order valence-electron chi connectivity index (χ2n) is 27.4. The third kappa shape index (κ3) is 70.0. The molecule has 0 spiro atoms. The molecule has 0 saturated heterocycles. The Balaban J connectivity index is 3.32. The topological polar surface area (TPSA) is 95.9 Å². The Bertz CT molecular complexity index is 1230. The van der Waals surface area contributed by atoms with Crippen molar-refractivity contribution in [3.63, 3.8) is 0 Å². The van der Waals surface area contributed by atoms with Gasteiger partial charge in [-0.05, 0) is 25.7 Å². The highest BCUT2D eigenvalue weighted by Crippen LogP contribution is 2.21. The van der Waals surface area contributed by atoms with Gasteiger partial charge in [0.05, 0.1) is 25.4 Å². The molecule has 0 aromatic heterocycles. The lowest BCUT2D eigenvalue weighted by atomic mass is 10.0. The molecule has 1 amide bonds. The first kappa shape index (κ1) is 82.9. The van der Waals surface area contributed by atoms with Crippen molar-refractivity contribution in [2.75, 3.05) is 13.2 Å². The second-order valence-corrected chi connectivity index (χ2v) is 27.4. The molecule has 0 aliphatic rings. The van der Waals surface area contributed by atoms with Gasteiger partial charge in [0.15, 0.2) is 0 Å². The molecule has 502 valence electrons. The predicted octanol–water partition coefficient (Wildman–Crippen LogP) is 25.7. The summed E-state index contributed by atoms with van der Waals surface area (Å²) in [5, 5.41) is 23.5. The summed E-state index contributed by atoms with van der Waals surface area (Å²) < 4.78 is 5.50. The molecule has 0 aromatic carbocycles. The van der Waals surface area contributed by atoms with Crippen molar-refractivity contribution in [1.82, 2.24) is 5.32 Å². The quantitative estimate of drug-likeness (QED) is 0.0417. The molecular formula is C78H155NO5. The van der Waals surface area contributed by atoms with Gasteiger partial charge in [0.1, 0.15) is 0 Å². The molecule has 0 aromatic rings. The first-order valence-electron chi connectivity index (χ1n) is 39.3. The Morgan fingerprint density at radius 1 is 0.286 bits per heavy atom. The molecule has 0 aliphatic heterocycles. The summed E-state index contributed by atoms with van der Waals surface area (Å²) in [5.74, 6) is 0.00000247. The number of hydrogen-bond acceptors (Lipinski definition) is 5. The summed E-state index contributed by atoms with van der Waals surface area (Å²) in [6.07, 6.45) is 91.9. The van der Waals surface area contributed by atoms with Crippen LogP contribution < -0.4 is 5.32 Å². The van der Waals surface area contributed by atoms with E-state index in [0.29, 0.717) is 25.9 Å². The van der Waals surface area contributed by atoms with Crippen LogP contribution in [0.25, 0.3) is 0 Å². The van der Waals surface area contributed by atoms with Gasteiger partial charge in [0, 0.05) is 12.8 Å². The first-order chi connectivity index (χ1) is 41.5. The van der Waals surface area contributed by atoms with Crippen LogP contribution in [0.5, 0.6) is 0 Å². The van der Waals surface area contributed by atoms with Crippen LogP contribution in [-0.2, 0) is 14.3 Å². The highest BCUT2D eigenvalue weighted by molar-refractivity contribution is 5.76. The van der Waals surface area contributed by atoms with Gasteiger partial charge in [-0.2, -0.15) is 0 Å². The van der Waals surface area contributed by atoms with E-state index in [9.17, 15) is 19.8 Å². The summed E-state index contributed by atoms with van der Waals surface area (Å²) in [5.41, 5.74) is 0. The second kappa shape index (κ2) is 74.3. The third-order valence-corrected chi connectivity index (χ3v) is 18.9. The van der Waals surface area contributed by atoms with Gasteiger partial charge in [-0.15, -0.1) is 0 Å². The van der Waals surface area contributed by atoms with E-state index in [4.69, 9.17) is 4.74 Å². The average Bonchev–Trinajstić information content (AvgIpc) is 3.53. The fourth-order valence-corrected chi connectivity index (χ4v) is 12.9. The Morgan fingerprint density at radius 3 is 0.726 bits per heavy atom. The van der Waals surface area contributed by atoms with Crippen LogP contribution in [0.2, 0.25) is 0 Å². The van der Waals surface area contributed by atoms with Crippen LogP contribution in [0.15, 0.2) is 0 Å². The maximum Gasteiger partial charge on any atom is 0.305 e. The van der Waals surface area contributed by atoms with Gasteiger partial charge in [-0.25, -0.2) is 0 Å². The number of aliphatic hydroxyl groups is 2. The average molecular weight is 1190 g/mol. The van der Waals surface area contributed by atoms with E-state index >= 15 is 0 Å². The minimum absolute atomic E-state index is 0.0242. The van der Waals surface area contributed by atoms with E-state index in [0.717, 1.165) is 38.5 Å². The van der Waals surface area contributed by atoms with Crippen LogP contribution in [0, 0.1) is 0 Å². The Labute approximate surface area is 527 Å². The number of carbonyl (C=O) groups is 2. The number of aliphatic hydroxyl groups excluding tert-OH is 2. The number of esters is 1. The van der Waals surface area contributed by atoms with E-state index in [2.05, 4.69) is 19.2 Å². The zero-order valence-corrected chi connectivity index (χ0v) is 57.7. The normalized spacial score (nSPS) is 12.4. The van der Waals surface area contributed by atoms with Crippen molar-refractivity contribution < 1.29 is 24.5 Å². The molecule has 3 N–H and O–H groups in total. The summed E-state index contributed by atoms with van der Waals surface area (Å²) >= 11 is 0. The zero-order chi connectivity index (χ0) is 60.6. The van der Waals surface area contributed by atoms with E-state index in [1.807, 2.05) is 0 Å². The SMILES string of the molecule is CCCCCCCCCCCCCCCCCCCCCCCCC(O)C(CO)NC(=O)CCCCCCCCCCCCCCCCCCCCCCCCCCCCCCCCCCOC(=O)CCCCCCCCCCCCCCC. The molecular weight excluding hydrogens is 1030 g/mol.